The van der Waals surface area contributed by atoms with Crippen LogP contribution in [0.1, 0.15) is 63.5 Å². The zero-order valence-corrected chi connectivity index (χ0v) is 17.7. The summed E-state index contributed by atoms with van der Waals surface area (Å²) in [5.41, 5.74) is 8.00. The summed E-state index contributed by atoms with van der Waals surface area (Å²) in [6, 6.07) is 4.02. The molecule has 0 spiro atoms. The van der Waals surface area contributed by atoms with Gasteiger partial charge in [-0.1, -0.05) is 19.3 Å². The molecule has 1 heterocycles. The number of ether oxygens (including phenoxy) is 2. The Kier molecular flexibility index (Phi) is 7.61. The SMILES string of the molecule is CN/C(COC(=O)N(C)C1CCCC1)=C(\N)c1ccc(OC2CCCCC2)cn1. The highest BCUT2D eigenvalue weighted by Gasteiger charge is 2.24. The van der Waals surface area contributed by atoms with Crippen LogP contribution >= 0.6 is 0 Å². The third kappa shape index (κ3) is 5.78. The zero-order valence-electron chi connectivity index (χ0n) is 17.7. The second-order valence-electron chi connectivity index (χ2n) is 8.00. The van der Waals surface area contributed by atoms with E-state index in [9.17, 15) is 4.79 Å². The minimum absolute atomic E-state index is 0.0836. The van der Waals surface area contributed by atoms with Crippen LogP contribution in [0.3, 0.4) is 0 Å². The number of carbonyl (C=O) groups excluding carboxylic acids is 1. The molecule has 0 aromatic carbocycles. The molecule has 0 atom stereocenters. The Labute approximate surface area is 173 Å². The highest BCUT2D eigenvalue weighted by molar-refractivity contribution is 5.69. The van der Waals surface area contributed by atoms with Gasteiger partial charge in [0.15, 0.2) is 0 Å². The lowest BCUT2D eigenvalue weighted by Gasteiger charge is -2.24. The number of nitrogens with one attached hydrogen (secondary N) is 1. The van der Waals surface area contributed by atoms with Crippen LogP contribution in [0.15, 0.2) is 24.0 Å². The number of likely N-dealkylation sites (N-methyl/N-ethyl adjacent to an activating group) is 1. The van der Waals surface area contributed by atoms with E-state index in [0.29, 0.717) is 17.1 Å². The molecular formula is C22H34N4O3. The Bertz CT molecular complexity index is 693. The number of amides is 1. The molecular weight excluding hydrogens is 368 g/mol. The fraction of sp³-hybridized carbons (Fsp3) is 0.636. The maximum atomic E-state index is 12.3. The van der Waals surface area contributed by atoms with Crippen molar-refractivity contribution in [2.75, 3.05) is 20.7 Å². The number of pyridine rings is 1. The maximum Gasteiger partial charge on any atom is 0.410 e. The number of carbonyl (C=O) groups is 1. The minimum atomic E-state index is -0.318. The molecule has 1 amide bonds. The second-order valence-corrected chi connectivity index (χ2v) is 8.00. The van der Waals surface area contributed by atoms with Crippen LogP contribution in [0.25, 0.3) is 5.70 Å². The predicted molar refractivity (Wildman–Crippen MR) is 113 cm³/mol. The van der Waals surface area contributed by atoms with E-state index in [-0.39, 0.29) is 24.8 Å². The van der Waals surface area contributed by atoms with E-state index in [1.807, 2.05) is 12.1 Å². The van der Waals surface area contributed by atoms with Gasteiger partial charge in [-0.05, 0) is 50.7 Å². The molecule has 0 unspecified atom stereocenters. The lowest BCUT2D eigenvalue weighted by atomic mass is 9.98. The first kappa shape index (κ1) is 21.3. The zero-order chi connectivity index (χ0) is 20.6. The Morgan fingerprint density at radius 2 is 1.86 bits per heavy atom. The molecule has 29 heavy (non-hydrogen) atoms. The van der Waals surface area contributed by atoms with Crippen molar-refractivity contribution in [3.05, 3.63) is 29.7 Å². The highest BCUT2D eigenvalue weighted by atomic mass is 16.6. The van der Waals surface area contributed by atoms with Crippen molar-refractivity contribution in [3.8, 4) is 5.75 Å². The van der Waals surface area contributed by atoms with Gasteiger partial charge in [0.25, 0.3) is 0 Å². The van der Waals surface area contributed by atoms with Crippen LogP contribution in [-0.4, -0.2) is 48.8 Å². The van der Waals surface area contributed by atoms with Crippen molar-refractivity contribution in [1.29, 1.82) is 0 Å². The molecule has 160 valence electrons. The first-order chi connectivity index (χ1) is 14.1. The van der Waals surface area contributed by atoms with Gasteiger partial charge in [-0.3, -0.25) is 4.98 Å². The summed E-state index contributed by atoms with van der Waals surface area (Å²) in [6.45, 7) is 0.0836. The third-order valence-corrected chi connectivity index (χ3v) is 5.99. The molecule has 2 aliphatic carbocycles. The number of hydrogen-bond donors (Lipinski definition) is 2. The second kappa shape index (κ2) is 10.4. The summed E-state index contributed by atoms with van der Waals surface area (Å²) < 4.78 is 11.5. The van der Waals surface area contributed by atoms with Crippen molar-refractivity contribution in [1.82, 2.24) is 15.2 Å². The van der Waals surface area contributed by atoms with E-state index in [1.54, 1.807) is 25.2 Å². The first-order valence-corrected chi connectivity index (χ1v) is 10.8. The summed E-state index contributed by atoms with van der Waals surface area (Å²) >= 11 is 0. The lowest BCUT2D eigenvalue weighted by Crippen LogP contribution is -2.36. The van der Waals surface area contributed by atoms with Gasteiger partial charge >= 0.3 is 6.09 Å². The molecule has 7 nitrogen and oxygen atoms in total. The average Bonchev–Trinajstić information content (AvgIpc) is 3.29. The van der Waals surface area contributed by atoms with E-state index in [2.05, 4.69) is 10.3 Å². The molecule has 1 aromatic heterocycles. The summed E-state index contributed by atoms with van der Waals surface area (Å²) in [4.78, 5) is 18.5. The Hall–Kier alpha value is -2.44. The highest BCUT2D eigenvalue weighted by Crippen LogP contribution is 2.24. The molecule has 2 aliphatic rings. The fourth-order valence-electron chi connectivity index (χ4n) is 4.10. The topological polar surface area (TPSA) is 89.7 Å². The molecule has 1 aromatic rings. The summed E-state index contributed by atoms with van der Waals surface area (Å²) in [5.74, 6) is 0.768. The van der Waals surface area contributed by atoms with E-state index >= 15 is 0 Å². The quantitative estimate of drug-likeness (QED) is 0.724. The number of aromatic nitrogens is 1. The molecule has 0 saturated heterocycles. The normalized spacial score (nSPS) is 18.8. The van der Waals surface area contributed by atoms with Gasteiger partial charge in [-0.2, -0.15) is 0 Å². The molecule has 3 rings (SSSR count). The fourth-order valence-corrected chi connectivity index (χ4v) is 4.10. The van der Waals surface area contributed by atoms with E-state index in [1.165, 1.54) is 32.1 Å². The van der Waals surface area contributed by atoms with Crippen molar-refractivity contribution in [3.63, 3.8) is 0 Å². The Morgan fingerprint density at radius 3 is 2.48 bits per heavy atom. The molecule has 2 saturated carbocycles. The Morgan fingerprint density at radius 1 is 1.17 bits per heavy atom. The first-order valence-electron chi connectivity index (χ1n) is 10.8. The Balaban J connectivity index is 1.57. The molecule has 3 N–H and O–H groups in total. The van der Waals surface area contributed by atoms with Crippen molar-refractivity contribution in [2.45, 2.75) is 69.9 Å². The lowest BCUT2D eigenvalue weighted by molar-refractivity contribution is 0.104. The van der Waals surface area contributed by atoms with Crippen molar-refractivity contribution < 1.29 is 14.3 Å². The number of hydrogen-bond acceptors (Lipinski definition) is 6. The number of nitrogens with zero attached hydrogens (tertiary/aromatic N) is 2. The van der Waals surface area contributed by atoms with Crippen LogP contribution in [0, 0.1) is 0 Å². The van der Waals surface area contributed by atoms with Crippen LogP contribution < -0.4 is 15.8 Å². The van der Waals surface area contributed by atoms with Crippen molar-refractivity contribution in [2.24, 2.45) is 5.73 Å². The van der Waals surface area contributed by atoms with Gasteiger partial charge in [0.2, 0.25) is 0 Å². The predicted octanol–water partition coefficient (Wildman–Crippen LogP) is 3.65. The molecule has 0 radical (unpaired) electrons. The van der Waals surface area contributed by atoms with Gasteiger partial charge < -0.3 is 25.4 Å². The van der Waals surface area contributed by atoms with Crippen LogP contribution in [-0.2, 0) is 4.74 Å². The molecule has 0 bridgehead atoms. The largest absolute Gasteiger partial charge is 0.489 e. The smallest absolute Gasteiger partial charge is 0.410 e. The van der Waals surface area contributed by atoms with Gasteiger partial charge in [0.1, 0.15) is 12.4 Å². The third-order valence-electron chi connectivity index (χ3n) is 5.99. The van der Waals surface area contributed by atoms with Gasteiger partial charge in [-0.15, -0.1) is 0 Å². The van der Waals surface area contributed by atoms with Crippen LogP contribution in [0.5, 0.6) is 5.75 Å². The average molecular weight is 403 g/mol. The van der Waals surface area contributed by atoms with Gasteiger partial charge in [0, 0.05) is 20.1 Å². The number of rotatable bonds is 7. The summed E-state index contributed by atoms with van der Waals surface area (Å²) in [6.07, 6.45) is 12.1. The molecule has 2 fully saturated rings. The van der Waals surface area contributed by atoms with Crippen LogP contribution in [0.2, 0.25) is 0 Å². The number of nitrogens with two attached hydrogens (primary N) is 1. The van der Waals surface area contributed by atoms with Gasteiger partial charge in [0.05, 0.1) is 29.4 Å². The molecule has 7 heteroatoms. The summed E-state index contributed by atoms with van der Waals surface area (Å²) in [5, 5.41) is 3.03. The van der Waals surface area contributed by atoms with E-state index in [0.717, 1.165) is 31.4 Å². The molecule has 0 aliphatic heterocycles. The maximum absolute atomic E-state index is 12.3. The summed E-state index contributed by atoms with van der Waals surface area (Å²) in [7, 11) is 3.56. The van der Waals surface area contributed by atoms with E-state index < -0.39 is 0 Å². The van der Waals surface area contributed by atoms with Gasteiger partial charge in [-0.25, -0.2) is 4.79 Å². The minimum Gasteiger partial charge on any atom is -0.489 e. The van der Waals surface area contributed by atoms with E-state index in [4.69, 9.17) is 15.2 Å². The van der Waals surface area contributed by atoms with Crippen LogP contribution in [0.4, 0.5) is 4.79 Å². The van der Waals surface area contributed by atoms with Crippen molar-refractivity contribution >= 4 is 11.8 Å². The monoisotopic (exact) mass is 402 g/mol. The standard InChI is InChI=1S/C22H34N4O3/c1-24-20(15-28-22(27)26(2)16-8-6-7-9-16)21(23)19-13-12-18(14-25-19)29-17-10-4-3-5-11-17/h12-14,16-17,24H,3-11,15,23H2,1-2H3/b21-20-.